The maximum atomic E-state index is 11.7. The van der Waals surface area contributed by atoms with Crippen LogP contribution in [0, 0.1) is 0 Å². The van der Waals surface area contributed by atoms with E-state index in [4.69, 9.17) is 0 Å². The fourth-order valence-corrected chi connectivity index (χ4v) is 0.365. The Morgan fingerprint density at radius 3 is 2.83 bits per heavy atom. The third-order valence-electron chi connectivity index (χ3n) is 0.670. The van der Waals surface area contributed by atoms with Crippen molar-refractivity contribution in [1.29, 1.82) is 0 Å². The quantitative estimate of drug-likeness (QED) is 0.432. The lowest BCUT2D eigenvalue weighted by Crippen LogP contribution is -1.72. The Hall–Kier alpha value is -0.530. The van der Waals surface area contributed by atoms with E-state index in [1.807, 2.05) is 0 Å². The van der Waals surface area contributed by atoms with Gasteiger partial charge >= 0.3 is 0 Å². The number of hydrogen-bond donors (Lipinski definition) is 0. The highest BCUT2D eigenvalue weighted by Crippen LogP contribution is 2.09. The molecule has 1 aliphatic heterocycles. The third-order valence-corrected chi connectivity index (χ3v) is 0.670. The van der Waals surface area contributed by atoms with Gasteiger partial charge in [0.15, 0.2) is 0 Å². The molecule has 0 saturated heterocycles. The smallest absolute Gasteiger partial charge is 0.138 e. The first-order valence-electron chi connectivity index (χ1n) is 1.86. The molecule has 0 unspecified atom stereocenters. The van der Waals surface area contributed by atoms with Crippen molar-refractivity contribution in [2.45, 2.75) is 6.42 Å². The number of ether oxygens (including phenoxy) is 1. The van der Waals surface area contributed by atoms with E-state index in [2.05, 4.69) is 4.74 Å². The predicted molar refractivity (Wildman–Crippen MR) is 19.8 cm³/mol. The molecule has 0 amide bonds. The third kappa shape index (κ3) is 0.506. The van der Waals surface area contributed by atoms with Crippen molar-refractivity contribution < 1.29 is 9.13 Å². The minimum absolute atomic E-state index is 0.144. The van der Waals surface area contributed by atoms with E-state index in [1.165, 1.54) is 0 Å². The van der Waals surface area contributed by atoms with Gasteiger partial charge in [0.1, 0.15) is 12.1 Å². The van der Waals surface area contributed by atoms with Gasteiger partial charge in [-0.15, -0.1) is 0 Å². The predicted octanol–water partition coefficient (Wildman–Crippen LogP) is 1.22. The summed E-state index contributed by atoms with van der Waals surface area (Å²) in [4.78, 5) is 0. The molecule has 0 aromatic rings. The Morgan fingerprint density at radius 1 is 1.83 bits per heavy atom. The molecule has 0 aromatic heterocycles. The van der Waals surface area contributed by atoms with Crippen LogP contribution >= 0.6 is 0 Å². The second-order valence-corrected chi connectivity index (χ2v) is 1.19. The van der Waals surface area contributed by atoms with E-state index in [9.17, 15) is 4.39 Å². The van der Waals surface area contributed by atoms with Crippen LogP contribution in [0.4, 0.5) is 4.39 Å². The molecule has 0 radical (unpaired) electrons. The largest absolute Gasteiger partial charge is 0.498 e. The van der Waals surface area contributed by atoms with E-state index in [1.54, 1.807) is 0 Å². The summed E-state index contributed by atoms with van der Waals surface area (Å²) < 4.78 is 16.2. The fraction of sp³-hybridized carbons (Fsp3) is 0.500. The van der Waals surface area contributed by atoms with Gasteiger partial charge < -0.3 is 4.74 Å². The van der Waals surface area contributed by atoms with Gasteiger partial charge in [0, 0.05) is 6.42 Å². The zero-order valence-electron chi connectivity index (χ0n) is 3.28. The first-order valence-corrected chi connectivity index (χ1v) is 1.86. The van der Waals surface area contributed by atoms with Crippen molar-refractivity contribution >= 4 is 0 Å². The van der Waals surface area contributed by atoms with Crippen LogP contribution in [0.25, 0.3) is 0 Å². The minimum atomic E-state index is -0.144. The van der Waals surface area contributed by atoms with Crippen LogP contribution < -0.4 is 0 Å². The fourth-order valence-electron chi connectivity index (χ4n) is 0.365. The average molecular weight is 88.1 g/mol. The van der Waals surface area contributed by atoms with E-state index < -0.39 is 0 Å². The van der Waals surface area contributed by atoms with Gasteiger partial charge in [0.25, 0.3) is 0 Å². The van der Waals surface area contributed by atoms with E-state index in [-0.39, 0.29) is 5.83 Å². The van der Waals surface area contributed by atoms with Crippen molar-refractivity contribution in [1.82, 2.24) is 0 Å². The Labute approximate surface area is 35.4 Å². The topological polar surface area (TPSA) is 9.23 Å². The van der Waals surface area contributed by atoms with Gasteiger partial charge in [0.2, 0.25) is 0 Å². The van der Waals surface area contributed by atoms with E-state index in [0.717, 1.165) is 6.26 Å². The first kappa shape index (κ1) is 3.65. The van der Waals surface area contributed by atoms with E-state index in [0.29, 0.717) is 13.0 Å². The second kappa shape index (κ2) is 1.29. The van der Waals surface area contributed by atoms with Gasteiger partial charge in [-0.05, 0) is 0 Å². The molecule has 0 aromatic carbocycles. The summed E-state index contributed by atoms with van der Waals surface area (Å²) in [6.07, 6.45) is 1.61. The van der Waals surface area contributed by atoms with Gasteiger partial charge in [0.05, 0.1) is 6.61 Å². The highest BCUT2D eigenvalue weighted by molar-refractivity contribution is 4.89. The molecule has 0 saturated carbocycles. The molecule has 0 spiro atoms. The molecule has 1 rings (SSSR count). The van der Waals surface area contributed by atoms with Gasteiger partial charge in [-0.3, -0.25) is 0 Å². The highest BCUT2D eigenvalue weighted by Gasteiger charge is 2.00. The molecule has 0 atom stereocenters. The molecule has 34 valence electrons. The molecule has 1 heterocycles. The summed E-state index contributed by atoms with van der Waals surface area (Å²) in [6, 6.07) is 0. The zero-order chi connectivity index (χ0) is 4.41. The van der Waals surface area contributed by atoms with Crippen molar-refractivity contribution in [2.24, 2.45) is 0 Å². The number of hydrogen-bond acceptors (Lipinski definition) is 1. The molecule has 0 N–H and O–H groups in total. The molecule has 0 fully saturated rings. The molecule has 2 heteroatoms. The normalized spacial score (nSPS) is 19.8. The summed E-state index contributed by atoms with van der Waals surface area (Å²) in [5.41, 5.74) is 0. The van der Waals surface area contributed by atoms with Crippen molar-refractivity contribution in [2.75, 3.05) is 6.61 Å². The number of rotatable bonds is 0. The summed E-state index contributed by atoms with van der Waals surface area (Å²) >= 11 is 0. The maximum Gasteiger partial charge on any atom is 0.138 e. The molecular weight excluding hydrogens is 83.0 g/mol. The van der Waals surface area contributed by atoms with Gasteiger partial charge in [-0.25, -0.2) is 4.39 Å². The van der Waals surface area contributed by atoms with Crippen LogP contribution in [0.1, 0.15) is 6.42 Å². The van der Waals surface area contributed by atoms with Crippen LogP contribution in [-0.4, -0.2) is 6.61 Å². The zero-order valence-corrected chi connectivity index (χ0v) is 3.28. The Balaban J connectivity index is 2.45. The maximum absolute atomic E-state index is 11.7. The molecule has 0 aliphatic carbocycles. The number of halogens is 1. The second-order valence-electron chi connectivity index (χ2n) is 1.19. The highest BCUT2D eigenvalue weighted by atomic mass is 19.1. The molecule has 1 nitrogen and oxygen atoms in total. The minimum Gasteiger partial charge on any atom is -0.498 e. The Kier molecular flexibility index (Phi) is 0.783. The summed E-state index contributed by atoms with van der Waals surface area (Å²) in [5.74, 6) is -0.144. The summed E-state index contributed by atoms with van der Waals surface area (Å²) in [5, 5.41) is 0. The van der Waals surface area contributed by atoms with Crippen molar-refractivity contribution in [3.63, 3.8) is 0 Å². The van der Waals surface area contributed by atoms with Gasteiger partial charge in [-0.1, -0.05) is 0 Å². The summed E-state index contributed by atoms with van der Waals surface area (Å²) in [6.45, 7) is 0.520. The van der Waals surface area contributed by atoms with Crippen LogP contribution in [0.3, 0.4) is 0 Å². The molecule has 6 heavy (non-hydrogen) atoms. The lowest BCUT2D eigenvalue weighted by molar-refractivity contribution is 0.281. The van der Waals surface area contributed by atoms with Gasteiger partial charge in [-0.2, -0.15) is 0 Å². The monoisotopic (exact) mass is 88.0 g/mol. The lowest BCUT2D eigenvalue weighted by Gasteiger charge is -1.78. The Bertz CT molecular complexity index is 77.6. The Morgan fingerprint density at radius 2 is 2.67 bits per heavy atom. The molecular formula is C4H5FO. The van der Waals surface area contributed by atoms with E-state index >= 15 is 0 Å². The van der Waals surface area contributed by atoms with Crippen molar-refractivity contribution in [3.05, 3.63) is 12.1 Å². The molecule has 0 bridgehead atoms. The van der Waals surface area contributed by atoms with Crippen LogP contribution in [0.15, 0.2) is 12.1 Å². The summed E-state index contributed by atoms with van der Waals surface area (Å²) in [7, 11) is 0. The van der Waals surface area contributed by atoms with Crippen molar-refractivity contribution in [3.8, 4) is 0 Å². The van der Waals surface area contributed by atoms with Crippen LogP contribution in [0.5, 0.6) is 0 Å². The molecule has 1 aliphatic rings. The average Bonchev–Trinajstić information content (AvgIpc) is 1.86. The lowest BCUT2D eigenvalue weighted by atomic mass is 10.5. The SMILES string of the molecule is FC1=COCC1. The van der Waals surface area contributed by atoms with Crippen LogP contribution in [0.2, 0.25) is 0 Å². The van der Waals surface area contributed by atoms with Crippen LogP contribution in [-0.2, 0) is 4.74 Å². The standard InChI is InChI=1S/C4H5FO/c5-4-1-2-6-3-4/h3H,1-2H2. The first-order chi connectivity index (χ1) is 2.89.